The first-order valence-corrected chi connectivity index (χ1v) is 7.72. The third kappa shape index (κ3) is 2.83. The third-order valence-electron chi connectivity index (χ3n) is 3.41. The molecule has 0 saturated carbocycles. The van der Waals surface area contributed by atoms with Crippen molar-refractivity contribution >= 4 is 27.4 Å². The van der Waals surface area contributed by atoms with Gasteiger partial charge < -0.3 is 10.1 Å². The number of rotatable bonds is 5. The van der Waals surface area contributed by atoms with Crippen LogP contribution in [-0.4, -0.2) is 23.6 Å². The summed E-state index contributed by atoms with van der Waals surface area (Å²) in [4.78, 5) is 8.69. The Morgan fingerprint density at radius 1 is 1.24 bits per heavy atom. The fourth-order valence-corrected chi connectivity index (χ4v) is 3.29. The molecule has 0 atom stereocenters. The molecule has 3 rings (SSSR count). The Morgan fingerprint density at radius 2 is 2.10 bits per heavy atom. The first-order chi connectivity index (χ1) is 10.3. The van der Waals surface area contributed by atoms with Gasteiger partial charge in [-0.2, -0.15) is 0 Å². The molecule has 0 amide bonds. The molecule has 5 heteroatoms. The Bertz CT molecular complexity index is 754. The lowest BCUT2D eigenvalue weighted by Gasteiger charge is -2.09. The minimum Gasteiger partial charge on any atom is -0.496 e. The number of hydrogen-bond donors (Lipinski definition) is 1. The molecular formula is C16H17N3OS. The van der Waals surface area contributed by atoms with Crippen molar-refractivity contribution in [3.8, 4) is 5.75 Å². The fourth-order valence-electron chi connectivity index (χ4n) is 2.32. The predicted molar refractivity (Wildman–Crippen MR) is 87.3 cm³/mol. The molecule has 0 aliphatic rings. The highest BCUT2D eigenvalue weighted by molar-refractivity contribution is 7.18. The van der Waals surface area contributed by atoms with E-state index in [9.17, 15) is 0 Å². The Kier molecular flexibility index (Phi) is 4.01. The van der Waals surface area contributed by atoms with Crippen molar-refractivity contribution in [1.82, 2.24) is 9.97 Å². The highest BCUT2D eigenvalue weighted by Crippen LogP contribution is 2.28. The molecule has 0 spiro atoms. The van der Waals surface area contributed by atoms with Crippen LogP contribution in [0.3, 0.4) is 0 Å². The molecular weight excluding hydrogens is 282 g/mol. The van der Waals surface area contributed by atoms with Crippen LogP contribution in [0.4, 0.5) is 5.82 Å². The largest absolute Gasteiger partial charge is 0.496 e. The number of hydrogen-bond acceptors (Lipinski definition) is 5. The van der Waals surface area contributed by atoms with Gasteiger partial charge in [-0.05, 0) is 35.9 Å². The van der Waals surface area contributed by atoms with E-state index >= 15 is 0 Å². The molecule has 2 heterocycles. The number of aryl methyl sites for hydroxylation is 1. The van der Waals surface area contributed by atoms with Crippen LogP contribution in [0.5, 0.6) is 5.75 Å². The SMILES string of the molecule is COc1ccccc1CCNc1ncnc2c(C)csc12. The van der Waals surface area contributed by atoms with E-state index in [4.69, 9.17) is 4.74 Å². The number of benzene rings is 1. The molecule has 0 unspecified atom stereocenters. The van der Waals surface area contributed by atoms with Gasteiger partial charge in [-0.1, -0.05) is 18.2 Å². The van der Waals surface area contributed by atoms with Gasteiger partial charge in [-0.25, -0.2) is 9.97 Å². The summed E-state index contributed by atoms with van der Waals surface area (Å²) in [6, 6.07) is 8.09. The molecule has 2 aromatic heterocycles. The maximum absolute atomic E-state index is 5.37. The van der Waals surface area contributed by atoms with E-state index in [1.54, 1.807) is 24.8 Å². The highest BCUT2D eigenvalue weighted by Gasteiger charge is 2.08. The summed E-state index contributed by atoms with van der Waals surface area (Å²) < 4.78 is 6.49. The van der Waals surface area contributed by atoms with Gasteiger partial charge in [0.05, 0.1) is 17.3 Å². The summed E-state index contributed by atoms with van der Waals surface area (Å²) in [5.74, 6) is 1.84. The molecule has 4 nitrogen and oxygen atoms in total. The van der Waals surface area contributed by atoms with Gasteiger partial charge in [0.25, 0.3) is 0 Å². The van der Waals surface area contributed by atoms with Gasteiger partial charge in [0.1, 0.15) is 17.9 Å². The molecule has 0 bridgehead atoms. The second-order valence-corrected chi connectivity index (χ2v) is 5.69. The zero-order valence-corrected chi connectivity index (χ0v) is 12.9. The summed E-state index contributed by atoms with van der Waals surface area (Å²) in [6.45, 7) is 2.88. The van der Waals surface area contributed by atoms with Crippen molar-refractivity contribution in [2.45, 2.75) is 13.3 Å². The van der Waals surface area contributed by atoms with E-state index in [0.29, 0.717) is 0 Å². The number of nitrogens with one attached hydrogen (secondary N) is 1. The molecule has 21 heavy (non-hydrogen) atoms. The average molecular weight is 299 g/mol. The number of anilines is 1. The average Bonchev–Trinajstić information content (AvgIpc) is 2.90. The van der Waals surface area contributed by atoms with E-state index in [0.717, 1.165) is 34.7 Å². The van der Waals surface area contributed by atoms with E-state index in [-0.39, 0.29) is 0 Å². The van der Waals surface area contributed by atoms with Crippen LogP contribution >= 0.6 is 11.3 Å². The number of nitrogens with zero attached hydrogens (tertiary/aromatic N) is 2. The standard InChI is InChI=1S/C16H17N3OS/c1-11-9-21-15-14(11)18-10-19-16(15)17-8-7-12-5-3-4-6-13(12)20-2/h3-6,9-10H,7-8H2,1-2H3,(H,17,18,19). The molecule has 108 valence electrons. The van der Waals surface area contributed by atoms with Crippen LogP contribution in [0.2, 0.25) is 0 Å². The van der Waals surface area contributed by atoms with Crippen LogP contribution in [0.15, 0.2) is 36.0 Å². The minimum atomic E-state index is 0.809. The van der Waals surface area contributed by atoms with Crippen molar-refractivity contribution in [2.75, 3.05) is 19.0 Å². The number of thiophene rings is 1. The number of methoxy groups -OCH3 is 1. The normalized spacial score (nSPS) is 10.8. The summed E-state index contributed by atoms with van der Waals surface area (Å²) in [7, 11) is 1.70. The van der Waals surface area contributed by atoms with Crippen molar-refractivity contribution in [2.24, 2.45) is 0 Å². The molecule has 3 aromatic rings. The Balaban J connectivity index is 1.72. The van der Waals surface area contributed by atoms with E-state index in [1.165, 1.54) is 11.1 Å². The maximum Gasteiger partial charge on any atom is 0.147 e. The van der Waals surface area contributed by atoms with Crippen molar-refractivity contribution in [3.63, 3.8) is 0 Å². The number of ether oxygens (including phenoxy) is 1. The number of para-hydroxylation sites is 1. The van der Waals surface area contributed by atoms with Crippen molar-refractivity contribution in [3.05, 3.63) is 47.1 Å². The van der Waals surface area contributed by atoms with E-state index in [1.807, 2.05) is 18.2 Å². The molecule has 0 radical (unpaired) electrons. The summed E-state index contributed by atoms with van der Waals surface area (Å²) >= 11 is 1.68. The monoisotopic (exact) mass is 299 g/mol. The third-order valence-corrected chi connectivity index (χ3v) is 4.50. The Hall–Kier alpha value is -2.14. The fraction of sp³-hybridized carbons (Fsp3) is 0.250. The summed E-state index contributed by atoms with van der Waals surface area (Å²) in [5, 5.41) is 5.52. The van der Waals surface area contributed by atoms with Crippen LogP contribution in [-0.2, 0) is 6.42 Å². The zero-order chi connectivity index (χ0) is 14.7. The van der Waals surface area contributed by atoms with Crippen molar-refractivity contribution < 1.29 is 4.74 Å². The zero-order valence-electron chi connectivity index (χ0n) is 12.1. The van der Waals surface area contributed by atoms with Gasteiger partial charge in [-0.3, -0.25) is 0 Å². The smallest absolute Gasteiger partial charge is 0.147 e. The molecule has 0 fully saturated rings. The lowest BCUT2D eigenvalue weighted by Crippen LogP contribution is -2.07. The minimum absolute atomic E-state index is 0.809. The van der Waals surface area contributed by atoms with Crippen LogP contribution in [0.25, 0.3) is 10.2 Å². The van der Waals surface area contributed by atoms with E-state index < -0.39 is 0 Å². The summed E-state index contributed by atoms with van der Waals surface area (Å²) in [6.07, 6.45) is 2.51. The topological polar surface area (TPSA) is 47.0 Å². The molecule has 0 aliphatic heterocycles. The van der Waals surface area contributed by atoms with Gasteiger partial charge in [0.2, 0.25) is 0 Å². The number of fused-ring (bicyclic) bond motifs is 1. The second kappa shape index (κ2) is 6.10. The van der Waals surface area contributed by atoms with Gasteiger partial charge >= 0.3 is 0 Å². The predicted octanol–water partition coefficient (Wildman–Crippen LogP) is 3.66. The first-order valence-electron chi connectivity index (χ1n) is 6.84. The van der Waals surface area contributed by atoms with Gasteiger partial charge in [-0.15, -0.1) is 11.3 Å². The molecule has 1 N–H and O–H groups in total. The Labute approximate surface area is 127 Å². The van der Waals surface area contributed by atoms with Crippen LogP contribution in [0.1, 0.15) is 11.1 Å². The van der Waals surface area contributed by atoms with Gasteiger partial charge in [0.15, 0.2) is 0 Å². The highest BCUT2D eigenvalue weighted by atomic mass is 32.1. The lowest BCUT2D eigenvalue weighted by molar-refractivity contribution is 0.410. The molecule has 1 aromatic carbocycles. The van der Waals surface area contributed by atoms with Crippen LogP contribution in [0, 0.1) is 6.92 Å². The van der Waals surface area contributed by atoms with E-state index in [2.05, 4.69) is 33.7 Å². The Morgan fingerprint density at radius 3 is 2.95 bits per heavy atom. The van der Waals surface area contributed by atoms with Gasteiger partial charge in [0, 0.05) is 6.54 Å². The number of aromatic nitrogens is 2. The van der Waals surface area contributed by atoms with Crippen molar-refractivity contribution in [1.29, 1.82) is 0 Å². The quantitative estimate of drug-likeness (QED) is 0.781. The molecule has 0 saturated heterocycles. The lowest BCUT2D eigenvalue weighted by atomic mass is 10.1. The van der Waals surface area contributed by atoms with Crippen LogP contribution < -0.4 is 10.1 Å². The molecule has 0 aliphatic carbocycles. The summed E-state index contributed by atoms with van der Waals surface area (Å²) in [5.41, 5.74) is 3.43. The second-order valence-electron chi connectivity index (χ2n) is 4.81. The first kappa shape index (κ1) is 13.8. The maximum atomic E-state index is 5.37.